The van der Waals surface area contributed by atoms with Gasteiger partial charge in [-0.15, -0.1) is 0 Å². The zero-order chi connectivity index (χ0) is 8.97. The molecule has 0 unspecified atom stereocenters. The van der Waals surface area contributed by atoms with E-state index >= 15 is 0 Å². The standard InChI is InChI=1S/C10H10O2.Th/c1-8(11)7-10(12)9-5-3-2-4-6-9;/h2-6H,7H2,1H3;. The Labute approximate surface area is 109 Å². The third kappa shape index (κ3) is 4.60. The van der Waals surface area contributed by atoms with Gasteiger partial charge >= 0.3 is 0 Å². The van der Waals surface area contributed by atoms with E-state index in [2.05, 4.69) is 0 Å². The molecule has 1 rings (SSSR count). The van der Waals surface area contributed by atoms with Gasteiger partial charge in [0.25, 0.3) is 0 Å². The van der Waals surface area contributed by atoms with Crippen molar-refractivity contribution in [3.63, 3.8) is 0 Å². The van der Waals surface area contributed by atoms with Crippen LogP contribution >= 0.6 is 0 Å². The number of ketones is 2. The first-order valence-electron chi connectivity index (χ1n) is 3.78. The van der Waals surface area contributed by atoms with Crippen LogP contribution in [0.1, 0.15) is 23.7 Å². The summed E-state index contributed by atoms with van der Waals surface area (Å²) < 4.78 is 0. The Kier molecular flexibility index (Phi) is 6.30. The molecule has 0 bridgehead atoms. The summed E-state index contributed by atoms with van der Waals surface area (Å²) in [5.74, 6) is -0.202. The molecule has 0 fully saturated rings. The number of benzene rings is 1. The fourth-order valence-electron chi connectivity index (χ4n) is 0.952. The molecule has 1 aromatic carbocycles. The first kappa shape index (κ1) is 12.9. The van der Waals surface area contributed by atoms with Crippen LogP contribution in [0.15, 0.2) is 30.3 Å². The maximum absolute atomic E-state index is 11.2. The second kappa shape index (κ2) is 6.36. The first-order chi connectivity index (χ1) is 5.70. The summed E-state index contributed by atoms with van der Waals surface area (Å²) in [6.45, 7) is 1.42. The van der Waals surface area contributed by atoms with Gasteiger partial charge in [-0.2, -0.15) is 0 Å². The second-order valence-corrected chi connectivity index (χ2v) is 2.67. The molecule has 0 saturated carbocycles. The molecule has 0 atom stereocenters. The van der Waals surface area contributed by atoms with E-state index in [1.54, 1.807) is 24.3 Å². The van der Waals surface area contributed by atoms with Crippen LogP contribution in [0.5, 0.6) is 0 Å². The van der Waals surface area contributed by atoms with E-state index in [0.717, 1.165) is 0 Å². The molecule has 0 aliphatic carbocycles. The van der Waals surface area contributed by atoms with Crippen molar-refractivity contribution < 1.29 is 49.5 Å². The molecular formula is C10H10O2Th. The fraction of sp³-hybridized carbons (Fsp3) is 0.200. The summed E-state index contributed by atoms with van der Waals surface area (Å²) in [5, 5.41) is 0. The van der Waals surface area contributed by atoms with Crippen LogP contribution in [0.25, 0.3) is 0 Å². The van der Waals surface area contributed by atoms with E-state index in [0.29, 0.717) is 5.56 Å². The van der Waals surface area contributed by atoms with Crippen molar-refractivity contribution in [2.24, 2.45) is 0 Å². The third-order valence-electron chi connectivity index (χ3n) is 1.51. The summed E-state index contributed by atoms with van der Waals surface area (Å²) in [5.41, 5.74) is 0.604. The van der Waals surface area contributed by atoms with Gasteiger partial charge in [-0.05, 0) is 6.92 Å². The first-order valence-corrected chi connectivity index (χ1v) is 3.78. The minimum Gasteiger partial charge on any atom is -0.300 e. The maximum Gasteiger partial charge on any atom is 0.170 e. The zero-order valence-corrected chi connectivity index (χ0v) is 11.5. The van der Waals surface area contributed by atoms with Gasteiger partial charge in [0.15, 0.2) is 5.78 Å². The van der Waals surface area contributed by atoms with E-state index in [1.165, 1.54) is 6.92 Å². The van der Waals surface area contributed by atoms with Crippen molar-refractivity contribution in [3.05, 3.63) is 35.9 Å². The molecule has 0 aliphatic rings. The van der Waals surface area contributed by atoms with Crippen molar-refractivity contribution in [2.75, 3.05) is 0 Å². The van der Waals surface area contributed by atoms with Crippen molar-refractivity contribution in [1.82, 2.24) is 0 Å². The predicted molar refractivity (Wildman–Crippen MR) is 46.1 cm³/mol. The smallest absolute Gasteiger partial charge is 0.170 e. The summed E-state index contributed by atoms with van der Waals surface area (Å²) in [7, 11) is 0. The van der Waals surface area contributed by atoms with Crippen molar-refractivity contribution in [3.8, 4) is 0 Å². The number of carbonyl (C=O) groups excluding carboxylic acids is 2. The van der Waals surface area contributed by atoms with Crippen LogP contribution in [0, 0.1) is 39.9 Å². The topological polar surface area (TPSA) is 34.1 Å². The third-order valence-corrected chi connectivity index (χ3v) is 1.51. The fourth-order valence-corrected chi connectivity index (χ4v) is 0.952. The quantitative estimate of drug-likeness (QED) is 0.580. The van der Waals surface area contributed by atoms with Crippen molar-refractivity contribution in [1.29, 1.82) is 0 Å². The van der Waals surface area contributed by atoms with Gasteiger partial charge in [0.1, 0.15) is 5.78 Å². The van der Waals surface area contributed by atoms with Crippen LogP contribution in [0.3, 0.4) is 0 Å². The zero-order valence-electron chi connectivity index (χ0n) is 7.41. The molecule has 0 aromatic heterocycles. The van der Waals surface area contributed by atoms with Crippen LogP contribution in [0.2, 0.25) is 0 Å². The van der Waals surface area contributed by atoms with Crippen LogP contribution in [-0.2, 0) is 4.79 Å². The Bertz CT molecular complexity index is 293. The normalized spacial score (nSPS) is 8.69. The Morgan fingerprint density at radius 1 is 1.15 bits per heavy atom. The molecule has 0 radical (unpaired) electrons. The Morgan fingerprint density at radius 2 is 1.69 bits per heavy atom. The summed E-state index contributed by atoms with van der Waals surface area (Å²) >= 11 is 0. The molecule has 13 heavy (non-hydrogen) atoms. The average molecular weight is 394 g/mol. The van der Waals surface area contributed by atoms with Gasteiger partial charge < -0.3 is 0 Å². The van der Waals surface area contributed by atoms with Crippen LogP contribution in [-0.4, -0.2) is 11.6 Å². The van der Waals surface area contributed by atoms with Crippen LogP contribution in [0.4, 0.5) is 0 Å². The molecule has 0 N–H and O–H groups in total. The molecule has 0 amide bonds. The number of rotatable bonds is 3. The molecular weight excluding hydrogens is 384 g/mol. The number of carbonyl (C=O) groups is 2. The van der Waals surface area contributed by atoms with E-state index < -0.39 is 0 Å². The van der Waals surface area contributed by atoms with Crippen molar-refractivity contribution >= 4 is 11.6 Å². The molecule has 1 aromatic rings. The molecule has 0 heterocycles. The van der Waals surface area contributed by atoms with Gasteiger partial charge in [-0.25, -0.2) is 0 Å². The van der Waals surface area contributed by atoms with Gasteiger partial charge in [0.2, 0.25) is 0 Å². The predicted octanol–water partition coefficient (Wildman–Crippen LogP) is 1.85. The largest absolute Gasteiger partial charge is 0.300 e. The van der Waals surface area contributed by atoms with Gasteiger partial charge in [0, 0.05) is 45.5 Å². The SMILES string of the molecule is CC(=O)CC(=O)c1ccccc1.[Th]. The molecule has 0 saturated heterocycles. The molecule has 0 spiro atoms. The number of hydrogen-bond acceptors (Lipinski definition) is 2. The molecule has 66 valence electrons. The van der Waals surface area contributed by atoms with Gasteiger partial charge in [0.05, 0.1) is 6.42 Å². The second-order valence-electron chi connectivity index (χ2n) is 2.67. The summed E-state index contributed by atoms with van der Waals surface area (Å²) in [6, 6.07) is 8.84. The number of Topliss-reactive ketones (excluding diaryl/α,β-unsaturated/α-hetero) is 2. The summed E-state index contributed by atoms with van der Waals surface area (Å²) in [6.07, 6.45) is 0.00398. The molecule has 0 aliphatic heterocycles. The summed E-state index contributed by atoms with van der Waals surface area (Å²) in [4.78, 5) is 21.8. The Hall–Kier alpha value is -0.115. The monoisotopic (exact) mass is 394 g/mol. The Morgan fingerprint density at radius 3 is 2.15 bits per heavy atom. The van der Waals surface area contributed by atoms with E-state index in [-0.39, 0.29) is 57.9 Å². The Balaban J connectivity index is 0.00000144. The van der Waals surface area contributed by atoms with Gasteiger partial charge in [-0.3, -0.25) is 9.59 Å². The van der Waals surface area contributed by atoms with E-state index in [1.807, 2.05) is 6.07 Å². The van der Waals surface area contributed by atoms with Crippen LogP contribution < -0.4 is 0 Å². The molecule has 3 heteroatoms. The maximum atomic E-state index is 11.2. The van der Waals surface area contributed by atoms with Crippen molar-refractivity contribution in [2.45, 2.75) is 13.3 Å². The molecule has 2 nitrogen and oxygen atoms in total. The van der Waals surface area contributed by atoms with E-state index in [4.69, 9.17) is 0 Å². The minimum absolute atomic E-state index is 0. The minimum atomic E-state index is -0.108. The van der Waals surface area contributed by atoms with Gasteiger partial charge in [-0.1, -0.05) is 30.3 Å². The average Bonchev–Trinajstić information content (AvgIpc) is 2.05. The number of hydrogen-bond donors (Lipinski definition) is 0. The van der Waals surface area contributed by atoms with E-state index in [9.17, 15) is 9.59 Å².